The van der Waals surface area contributed by atoms with Crippen molar-refractivity contribution in [3.05, 3.63) is 35.1 Å². The van der Waals surface area contributed by atoms with E-state index in [9.17, 15) is 13.2 Å². The SMILES string of the molecule is CC(C)(O[SiH3])c1c(F)cc(F)cc1F. The number of hydrogen-bond acceptors (Lipinski definition) is 1. The van der Waals surface area contributed by atoms with E-state index in [2.05, 4.69) is 0 Å². The highest BCUT2D eigenvalue weighted by Gasteiger charge is 2.27. The van der Waals surface area contributed by atoms with E-state index in [0.717, 1.165) is 0 Å². The van der Waals surface area contributed by atoms with Gasteiger partial charge in [0.1, 0.15) is 27.9 Å². The van der Waals surface area contributed by atoms with Gasteiger partial charge in [0.25, 0.3) is 0 Å². The Morgan fingerprint density at radius 1 is 1.14 bits per heavy atom. The van der Waals surface area contributed by atoms with Crippen LogP contribution in [0.3, 0.4) is 0 Å². The minimum absolute atomic E-state index is 0.228. The largest absolute Gasteiger partial charge is 0.419 e. The summed E-state index contributed by atoms with van der Waals surface area (Å²) in [5.74, 6) is -2.75. The summed E-state index contributed by atoms with van der Waals surface area (Å²) in [5, 5.41) is 0. The summed E-state index contributed by atoms with van der Waals surface area (Å²) >= 11 is 0. The van der Waals surface area contributed by atoms with Gasteiger partial charge in [-0.2, -0.15) is 0 Å². The maximum atomic E-state index is 13.2. The second kappa shape index (κ2) is 3.74. The molecular formula is C9H11F3OSi. The van der Waals surface area contributed by atoms with Gasteiger partial charge in [-0.05, 0) is 13.8 Å². The Balaban J connectivity index is 3.35. The molecule has 78 valence electrons. The minimum atomic E-state index is -1.05. The third-order valence-corrected chi connectivity index (χ3v) is 3.14. The van der Waals surface area contributed by atoms with E-state index < -0.39 is 23.1 Å². The highest BCUT2D eigenvalue weighted by atomic mass is 28.2. The summed E-state index contributed by atoms with van der Waals surface area (Å²) < 4.78 is 44.1. The predicted octanol–water partition coefficient (Wildman–Crippen LogP) is 1.64. The van der Waals surface area contributed by atoms with Gasteiger partial charge >= 0.3 is 0 Å². The monoisotopic (exact) mass is 220 g/mol. The third kappa shape index (κ3) is 1.98. The molecule has 1 aromatic rings. The van der Waals surface area contributed by atoms with Crippen molar-refractivity contribution in [1.82, 2.24) is 0 Å². The molecule has 1 rings (SSSR count). The summed E-state index contributed by atoms with van der Waals surface area (Å²) in [6, 6.07) is 1.31. The van der Waals surface area contributed by atoms with Crippen molar-refractivity contribution in [2.75, 3.05) is 0 Å². The Morgan fingerprint density at radius 3 is 1.93 bits per heavy atom. The molecule has 0 unspecified atom stereocenters. The van der Waals surface area contributed by atoms with Gasteiger partial charge in [-0.25, -0.2) is 13.2 Å². The predicted molar refractivity (Wildman–Crippen MR) is 50.4 cm³/mol. The van der Waals surface area contributed by atoms with Gasteiger partial charge in [-0.1, -0.05) is 0 Å². The topological polar surface area (TPSA) is 9.23 Å². The first-order chi connectivity index (χ1) is 6.38. The fourth-order valence-corrected chi connectivity index (χ4v) is 1.42. The molecule has 0 spiro atoms. The second-order valence-electron chi connectivity index (χ2n) is 3.46. The molecule has 0 radical (unpaired) electrons. The molecule has 0 heterocycles. The highest BCUT2D eigenvalue weighted by Crippen LogP contribution is 2.29. The third-order valence-electron chi connectivity index (χ3n) is 2.12. The molecule has 0 fully saturated rings. The lowest BCUT2D eigenvalue weighted by Crippen LogP contribution is -2.23. The molecule has 14 heavy (non-hydrogen) atoms. The highest BCUT2D eigenvalue weighted by molar-refractivity contribution is 5.98. The van der Waals surface area contributed by atoms with Gasteiger partial charge in [0.05, 0.1) is 11.2 Å². The first kappa shape index (κ1) is 11.3. The van der Waals surface area contributed by atoms with Crippen LogP contribution in [0.2, 0.25) is 0 Å². The molecule has 0 aliphatic heterocycles. The molecule has 0 aliphatic rings. The van der Waals surface area contributed by atoms with Crippen LogP contribution in [-0.4, -0.2) is 10.5 Å². The minimum Gasteiger partial charge on any atom is -0.419 e. The maximum Gasteiger partial charge on any atom is 0.147 e. The van der Waals surface area contributed by atoms with Gasteiger partial charge in [-0.3, -0.25) is 0 Å². The van der Waals surface area contributed by atoms with Crippen LogP contribution in [0.25, 0.3) is 0 Å². The molecule has 0 saturated carbocycles. The molecule has 0 amide bonds. The summed E-state index contributed by atoms with van der Waals surface area (Å²) in [5.41, 5.74) is -1.28. The summed E-state index contributed by atoms with van der Waals surface area (Å²) in [7, 11) is 0.349. The van der Waals surface area contributed by atoms with Crippen LogP contribution in [-0.2, 0) is 10.0 Å². The molecule has 0 bridgehead atoms. The Bertz CT molecular complexity index is 329. The molecule has 1 nitrogen and oxygen atoms in total. The molecule has 0 atom stereocenters. The summed E-state index contributed by atoms with van der Waals surface area (Å²) in [6.45, 7) is 3.08. The first-order valence-corrected chi connectivity index (χ1v) is 4.90. The summed E-state index contributed by atoms with van der Waals surface area (Å²) in [4.78, 5) is 0. The van der Waals surface area contributed by atoms with Gasteiger partial charge in [0.15, 0.2) is 0 Å². The fraction of sp³-hybridized carbons (Fsp3) is 0.333. The van der Waals surface area contributed by atoms with Crippen molar-refractivity contribution in [3.8, 4) is 0 Å². The molecule has 0 N–H and O–H groups in total. The van der Waals surface area contributed by atoms with Crippen molar-refractivity contribution in [2.45, 2.75) is 19.4 Å². The maximum absolute atomic E-state index is 13.2. The summed E-state index contributed by atoms with van der Waals surface area (Å²) in [6.07, 6.45) is 0. The average Bonchev–Trinajstić information content (AvgIpc) is 2.01. The second-order valence-corrected chi connectivity index (χ2v) is 3.87. The van der Waals surface area contributed by atoms with Gasteiger partial charge in [0.2, 0.25) is 0 Å². The van der Waals surface area contributed by atoms with Crippen LogP contribution in [0.4, 0.5) is 13.2 Å². The normalized spacial score (nSPS) is 12.1. The molecule has 1 aromatic carbocycles. The molecule has 5 heteroatoms. The molecule has 0 saturated heterocycles. The van der Waals surface area contributed by atoms with Crippen molar-refractivity contribution >= 4 is 10.5 Å². The Kier molecular flexibility index (Phi) is 3.01. The van der Waals surface area contributed by atoms with Crippen LogP contribution in [0.15, 0.2) is 12.1 Å². The quantitative estimate of drug-likeness (QED) is 0.688. The van der Waals surface area contributed by atoms with Crippen molar-refractivity contribution in [2.24, 2.45) is 0 Å². The first-order valence-electron chi connectivity index (χ1n) is 4.08. The van der Waals surface area contributed by atoms with E-state index in [1.165, 1.54) is 0 Å². The zero-order valence-electron chi connectivity index (χ0n) is 8.20. The van der Waals surface area contributed by atoms with E-state index in [4.69, 9.17) is 4.43 Å². The lowest BCUT2D eigenvalue weighted by atomic mass is 9.97. The van der Waals surface area contributed by atoms with Crippen LogP contribution in [0.5, 0.6) is 0 Å². The van der Waals surface area contributed by atoms with Crippen molar-refractivity contribution in [1.29, 1.82) is 0 Å². The number of hydrogen-bond donors (Lipinski definition) is 0. The smallest absolute Gasteiger partial charge is 0.147 e. The zero-order chi connectivity index (χ0) is 10.9. The van der Waals surface area contributed by atoms with E-state index in [-0.39, 0.29) is 5.56 Å². The lowest BCUT2D eigenvalue weighted by Gasteiger charge is -2.25. The lowest BCUT2D eigenvalue weighted by molar-refractivity contribution is 0.113. The number of halogens is 3. The fourth-order valence-electron chi connectivity index (χ4n) is 1.22. The Morgan fingerprint density at radius 2 is 1.57 bits per heavy atom. The van der Waals surface area contributed by atoms with Gasteiger partial charge in [0, 0.05) is 12.1 Å². The van der Waals surface area contributed by atoms with Gasteiger partial charge < -0.3 is 4.43 Å². The number of benzene rings is 1. The van der Waals surface area contributed by atoms with E-state index >= 15 is 0 Å². The van der Waals surface area contributed by atoms with E-state index in [1.807, 2.05) is 0 Å². The number of rotatable bonds is 2. The average molecular weight is 220 g/mol. The van der Waals surface area contributed by atoms with Crippen molar-refractivity contribution < 1.29 is 17.6 Å². The van der Waals surface area contributed by atoms with Crippen molar-refractivity contribution in [3.63, 3.8) is 0 Å². The molecule has 0 aromatic heterocycles. The van der Waals surface area contributed by atoms with E-state index in [1.54, 1.807) is 13.8 Å². The van der Waals surface area contributed by atoms with Gasteiger partial charge in [-0.15, -0.1) is 0 Å². The molecule has 0 aliphatic carbocycles. The zero-order valence-corrected chi connectivity index (χ0v) is 10.2. The Labute approximate surface area is 83.4 Å². The standard InChI is InChI=1S/C9H11F3OSi/c1-9(2,13-14)8-6(11)3-5(10)4-7(8)12/h3-4H,1-2,14H3. The van der Waals surface area contributed by atoms with E-state index in [0.29, 0.717) is 22.6 Å². The van der Waals surface area contributed by atoms with Crippen LogP contribution in [0.1, 0.15) is 19.4 Å². The Hall–Kier alpha value is -0.813. The van der Waals surface area contributed by atoms with Crippen LogP contribution >= 0.6 is 0 Å². The van der Waals surface area contributed by atoms with Crippen LogP contribution in [0, 0.1) is 17.5 Å². The molecular weight excluding hydrogens is 209 g/mol. The van der Waals surface area contributed by atoms with Crippen LogP contribution < -0.4 is 0 Å².